The first-order valence-electron chi connectivity index (χ1n) is 45.9. The number of rotatable bonds is 27. The summed E-state index contributed by atoms with van der Waals surface area (Å²) in [6.45, 7) is 15.7. The van der Waals surface area contributed by atoms with Gasteiger partial charge >= 0.3 is 65.7 Å². The molecule has 0 amide bonds. The Morgan fingerprint density at radius 1 is 0.292 bits per heavy atom. The number of hydrogen-bond donors (Lipinski definition) is 4. The third-order valence-corrected chi connectivity index (χ3v) is 29.2. The summed E-state index contributed by atoms with van der Waals surface area (Å²) in [5.41, 5.74) is 3.30. The van der Waals surface area contributed by atoms with Crippen LogP contribution >= 0.6 is 0 Å². The van der Waals surface area contributed by atoms with Crippen LogP contribution in [0.4, 0.5) is 0 Å². The molecule has 0 bridgehead atoms. The van der Waals surface area contributed by atoms with E-state index in [0.29, 0.717) is 83.2 Å². The predicted molar refractivity (Wildman–Crippen MR) is 514 cm³/mol. The molecule has 10 radical (unpaired) electrons. The van der Waals surface area contributed by atoms with Crippen molar-refractivity contribution >= 4 is 113 Å². The Hall–Kier alpha value is -11.7. The fourth-order valence-corrected chi connectivity index (χ4v) is 17.5. The number of aliphatic hydroxyl groups is 4. The zero-order chi connectivity index (χ0) is 99.5. The summed E-state index contributed by atoms with van der Waals surface area (Å²) in [7, 11) is 27.7. The average molecular weight is 1880 g/mol. The van der Waals surface area contributed by atoms with E-state index in [1.165, 1.54) is 20.8 Å². The van der Waals surface area contributed by atoms with Gasteiger partial charge in [-0.15, -0.1) is 0 Å². The van der Waals surface area contributed by atoms with Crippen LogP contribution in [0.1, 0.15) is 182 Å². The summed E-state index contributed by atoms with van der Waals surface area (Å²) in [5.74, 6) is -7.68. The molecule has 0 saturated heterocycles. The smallest absolute Gasteiger partial charge is 0.338 e. The van der Waals surface area contributed by atoms with Gasteiger partial charge < -0.3 is 77.0 Å². The molecular formula is C104H119B5O27Si. The highest BCUT2D eigenvalue weighted by molar-refractivity contribution is 6.74. The van der Waals surface area contributed by atoms with Crippen LogP contribution < -0.4 is 0 Å². The molecular weight excluding hydrogens is 1760 g/mol. The van der Waals surface area contributed by atoms with Crippen LogP contribution in [0.5, 0.6) is 0 Å². The molecule has 716 valence electrons. The maximum atomic E-state index is 12.7. The van der Waals surface area contributed by atoms with Gasteiger partial charge in [0.05, 0.1) is 128 Å². The third kappa shape index (κ3) is 34.1. The van der Waals surface area contributed by atoms with E-state index >= 15 is 0 Å². The Morgan fingerprint density at radius 2 is 0.569 bits per heavy atom. The van der Waals surface area contributed by atoms with Gasteiger partial charge in [0.2, 0.25) is 0 Å². The summed E-state index contributed by atoms with van der Waals surface area (Å²) >= 11 is 0. The highest BCUT2D eigenvalue weighted by atomic mass is 28.4. The van der Waals surface area contributed by atoms with Gasteiger partial charge in [0.1, 0.15) is 36.6 Å². The zero-order valence-electron chi connectivity index (χ0n) is 78.4. The van der Waals surface area contributed by atoms with Crippen LogP contribution in [0.25, 0.3) is 0 Å². The second-order valence-electron chi connectivity index (χ2n) is 36.3. The lowest BCUT2D eigenvalue weighted by Crippen LogP contribution is -2.42. The van der Waals surface area contributed by atoms with Crippen molar-refractivity contribution in [1.29, 1.82) is 0 Å². The Bertz CT molecular complexity index is 5140. The fraction of sp³-hybridized carbons (Fsp3) is 0.433. The van der Waals surface area contributed by atoms with Crippen LogP contribution in [-0.4, -0.2) is 234 Å². The number of esters is 11. The van der Waals surface area contributed by atoms with Crippen LogP contribution in [0.15, 0.2) is 243 Å². The standard InChI is InChI=1S/C24H24O8.C22H21BO6.C20H19BO5.C20H19BO4.C12H25BO2Si.C6H11BO2/c1-15(25)30-20-13-19(14-29-23(27)17-9-5-3-6-10-17)21(22(20)31-16(2)26)32-24(28)18-11-7-4-8-12-18;1-14(24)28-20-18(23)12-17(13-27-21(25)15-8-4-2-5-9-15)19(20)29-22(26)16-10-6-3-7-11-16;21-16-11-15(12-25-19(23)13-7-3-1-4-8-13)18(17(16)22)26-20(24)14-9-5-2-6-10-14;21-17-11-16(13-24-19(22)14-7-3-1-4-8-14)18(12-17)25-20(23)15-9-5-2-6-10-15;1-12(2,3)16(4,5)15-8-9-6-10(13)7-11(9)14;7-5-1-4(3-8)6(9)2-5/h3-12,19-22H,13-14H2,1-2H3;2-11,17-20H,12-13H2,1H3;1-10,15-18,22H,11-12H2;1-10,16-18H,11-13H2;9-11,14H,6-8H2,1-5H3;4-6,8-9H,1-3H2. The molecule has 14 rings (SSSR count). The van der Waals surface area contributed by atoms with E-state index < -0.39 is 128 Å². The molecule has 8 aromatic rings. The highest BCUT2D eigenvalue weighted by Gasteiger charge is 2.52. The molecule has 0 aromatic heterocycles. The lowest BCUT2D eigenvalue weighted by Gasteiger charge is -2.37. The topological polar surface area (TPSA) is 379 Å². The van der Waals surface area contributed by atoms with Gasteiger partial charge in [-0.05, 0) is 172 Å². The van der Waals surface area contributed by atoms with Gasteiger partial charge in [0.25, 0.3) is 0 Å². The van der Waals surface area contributed by atoms with E-state index in [1.54, 1.807) is 224 Å². The largest absolute Gasteiger partial charge is 0.462 e. The maximum Gasteiger partial charge on any atom is 0.338 e. The molecule has 4 N–H and O–H groups in total. The first-order chi connectivity index (χ1) is 65.4. The lowest BCUT2D eigenvalue weighted by atomic mass is 9.83. The van der Waals surface area contributed by atoms with Crippen molar-refractivity contribution in [3.8, 4) is 0 Å². The molecule has 0 heterocycles. The Kier molecular flexibility index (Phi) is 42.8. The SMILES string of the molecule is CC(=O)OC1CC(COC(=O)c2ccccc2)C(OC(=O)c2ccccc2)C1OC(C)=O.[B]C1CC(COC(=O)c2ccccc2)C(OC(=O)c2ccccc2)C1.[B]C1CC(COC(=O)c2ccccc2)C(OC(=O)c2ccccc2)C1O.[B]C1CC(COC(=O)c2ccccc2)C(OC(=O)c2ccccc2)C1OC(C)=O.[B]C1CC(O)C(CO)C1.[B]C1CC(O)C(CO[Si](C)(C)C(C)(C)C)C1. The van der Waals surface area contributed by atoms with Crippen molar-refractivity contribution in [2.75, 3.05) is 39.6 Å². The molecule has 0 spiro atoms. The lowest BCUT2D eigenvalue weighted by molar-refractivity contribution is -0.168. The summed E-state index contributed by atoms with van der Waals surface area (Å²) in [6, 6.07) is 68.6. The molecule has 27 nitrogen and oxygen atoms in total. The van der Waals surface area contributed by atoms with Gasteiger partial charge in [-0.25, -0.2) is 38.4 Å². The molecule has 6 aliphatic rings. The zero-order valence-corrected chi connectivity index (χ0v) is 79.4. The Labute approximate surface area is 808 Å². The summed E-state index contributed by atoms with van der Waals surface area (Å²) in [4.78, 5) is 133. The van der Waals surface area contributed by atoms with Crippen LogP contribution in [0.2, 0.25) is 47.2 Å². The maximum absolute atomic E-state index is 12.7. The molecule has 6 fully saturated rings. The predicted octanol–water partition coefficient (Wildman–Crippen LogP) is 14.2. The van der Waals surface area contributed by atoms with E-state index in [9.17, 15) is 63.0 Å². The van der Waals surface area contributed by atoms with Crippen molar-refractivity contribution in [2.24, 2.45) is 35.5 Å². The first-order valence-corrected chi connectivity index (χ1v) is 48.8. The normalized spacial score (nSPS) is 25.4. The number of benzene rings is 8. The van der Waals surface area contributed by atoms with Gasteiger partial charge in [-0.3, -0.25) is 14.4 Å². The van der Waals surface area contributed by atoms with Crippen molar-refractivity contribution < 1.29 is 130 Å². The van der Waals surface area contributed by atoms with Crippen molar-refractivity contribution in [1.82, 2.24) is 0 Å². The number of ether oxygens (including phenoxy) is 11. The monoisotopic (exact) mass is 1880 g/mol. The first kappa shape index (κ1) is 109. The molecule has 21 atom stereocenters. The quantitative estimate of drug-likeness (QED) is 0.0211. The van der Waals surface area contributed by atoms with E-state index in [1.807, 2.05) is 18.2 Å². The van der Waals surface area contributed by atoms with Crippen LogP contribution in [0.3, 0.4) is 0 Å². The Balaban J connectivity index is 0.000000189. The Morgan fingerprint density at radius 3 is 0.891 bits per heavy atom. The molecule has 6 saturated carbocycles. The molecule has 137 heavy (non-hydrogen) atoms. The summed E-state index contributed by atoms with van der Waals surface area (Å²) < 4.78 is 66.1. The van der Waals surface area contributed by atoms with Crippen molar-refractivity contribution in [3.05, 3.63) is 287 Å². The molecule has 6 aliphatic carbocycles. The van der Waals surface area contributed by atoms with Gasteiger partial charge in [-0.1, -0.05) is 197 Å². The minimum Gasteiger partial charge on any atom is -0.462 e. The molecule has 21 unspecified atom stereocenters. The molecule has 33 heteroatoms. The number of hydrogen-bond acceptors (Lipinski definition) is 27. The van der Waals surface area contributed by atoms with Crippen molar-refractivity contribution in [3.63, 3.8) is 0 Å². The fourth-order valence-electron chi connectivity index (χ4n) is 16.4. The van der Waals surface area contributed by atoms with Gasteiger partial charge in [0.15, 0.2) is 14.4 Å². The van der Waals surface area contributed by atoms with E-state index in [2.05, 4.69) is 33.9 Å². The highest BCUT2D eigenvalue weighted by Crippen LogP contribution is 2.44. The average Bonchev–Trinajstić information content (AvgIpc) is 1.65. The van der Waals surface area contributed by atoms with Crippen molar-refractivity contribution in [2.45, 2.75) is 208 Å². The minimum absolute atomic E-state index is 0.00801. The third-order valence-electron chi connectivity index (χ3n) is 24.7. The molecule has 8 aromatic carbocycles. The van der Waals surface area contributed by atoms with E-state index in [0.717, 1.165) is 19.3 Å². The van der Waals surface area contributed by atoms with E-state index in [-0.39, 0.29) is 116 Å². The number of carbonyl (C=O) groups excluding carboxylic acids is 11. The summed E-state index contributed by atoms with van der Waals surface area (Å²) in [5, 5.41) is 38.1. The second-order valence-corrected chi connectivity index (χ2v) is 41.1. The van der Waals surface area contributed by atoms with Crippen LogP contribution in [-0.2, 0) is 70.9 Å². The van der Waals surface area contributed by atoms with Crippen LogP contribution in [0, 0.1) is 35.5 Å². The van der Waals surface area contributed by atoms with Gasteiger partial charge in [-0.2, -0.15) is 0 Å². The second kappa shape index (κ2) is 53.8. The minimum atomic E-state index is -1.68. The van der Waals surface area contributed by atoms with E-state index in [4.69, 9.17) is 106 Å². The van der Waals surface area contributed by atoms with Gasteiger partial charge in [0, 0.05) is 69.5 Å². The number of aliphatic hydroxyl groups excluding tert-OH is 4. The summed E-state index contributed by atoms with van der Waals surface area (Å²) in [6.07, 6.45) is -2.01. The molecule has 0 aliphatic heterocycles. The number of carbonyl (C=O) groups is 11.